The minimum Gasteiger partial charge on any atom is -0.493 e. The van der Waals surface area contributed by atoms with Gasteiger partial charge in [0.1, 0.15) is 11.6 Å². The highest BCUT2D eigenvalue weighted by Gasteiger charge is 2.16. The second-order valence-corrected chi connectivity index (χ2v) is 8.36. The number of amides is 2. The number of carbonyl (C=O) groups is 2. The lowest BCUT2D eigenvalue weighted by Crippen LogP contribution is -2.23. The van der Waals surface area contributed by atoms with Crippen molar-refractivity contribution in [2.45, 2.75) is 20.4 Å². The van der Waals surface area contributed by atoms with Crippen molar-refractivity contribution in [2.75, 3.05) is 19.0 Å². The minimum atomic E-state index is -0.514. The molecule has 0 atom stereocenters. The van der Waals surface area contributed by atoms with Crippen LogP contribution in [0.4, 0.5) is 5.69 Å². The summed E-state index contributed by atoms with van der Waals surface area (Å²) < 4.78 is 11.0. The average molecular weight is 504 g/mol. The van der Waals surface area contributed by atoms with Gasteiger partial charge in [0.15, 0.2) is 18.1 Å². The Kier molecular flexibility index (Phi) is 9.09. The molecule has 3 aromatic carbocycles. The first kappa shape index (κ1) is 26.3. The lowest BCUT2D eigenvalue weighted by molar-refractivity contribution is -0.118. The van der Waals surface area contributed by atoms with Gasteiger partial charge in [0.2, 0.25) is 0 Å². The van der Waals surface area contributed by atoms with E-state index >= 15 is 0 Å². The van der Waals surface area contributed by atoms with Crippen LogP contribution in [0.2, 0.25) is 5.02 Å². The highest BCUT2D eigenvalue weighted by atomic mass is 35.5. The molecule has 184 valence electrons. The molecule has 36 heavy (non-hydrogen) atoms. The normalized spacial score (nSPS) is 10.8. The first-order valence-electron chi connectivity index (χ1n) is 11.1. The molecule has 0 aliphatic rings. The van der Waals surface area contributed by atoms with E-state index < -0.39 is 5.91 Å². The molecule has 0 radical (unpaired) electrons. The van der Waals surface area contributed by atoms with Crippen LogP contribution in [0.1, 0.15) is 22.3 Å². The molecule has 0 heterocycles. The van der Waals surface area contributed by atoms with Crippen LogP contribution < -0.4 is 20.1 Å². The van der Waals surface area contributed by atoms with Crippen LogP contribution in [0.5, 0.6) is 11.5 Å². The lowest BCUT2D eigenvalue weighted by atomic mass is 10.1. The van der Waals surface area contributed by atoms with Crippen LogP contribution in [0.25, 0.3) is 6.08 Å². The van der Waals surface area contributed by atoms with Crippen molar-refractivity contribution in [1.29, 1.82) is 5.26 Å². The zero-order chi connectivity index (χ0) is 26.1. The number of anilines is 1. The van der Waals surface area contributed by atoms with Gasteiger partial charge in [0, 0.05) is 12.2 Å². The van der Waals surface area contributed by atoms with Crippen LogP contribution in [-0.2, 0) is 16.1 Å². The maximum atomic E-state index is 12.5. The fraction of sp³-hybridized carbons (Fsp3) is 0.179. The number of ether oxygens (including phenoxy) is 2. The van der Waals surface area contributed by atoms with E-state index in [4.69, 9.17) is 21.1 Å². The summed E-state index contributed by atoms with van der Waals surface area (Å²) >= 11 is 6.40. The third-order valence-electron chi connectivity index (χ3n) is 5.45. The van der Waals surface area contributed by atoms with Gasteiger partial charge in [-0.2, -0.15) is 5.26 Å². The quantitative estimate of drug-likeness (QED) is 0.308. The third kappa shape index (κ3) is 6.87. The summed E-state index contributed by atoms with van der Waals surface area (Å²) in [6, 6.07) is 20.0. The van der Waals surface area contributed by atoms with Crippen molar-refractivity contribution in [3.8, 4) is 17.6 Å². The van der Waals surface area contributed by atoms with Crippen molar-refractivity contribution >= 4 is 35.2 Å². The molecule has 0 saturated carbocycles. The van der Waals surface area contributed by atoms with E-state index in [0.29, 0.717) is 17.8 Å². The average Bonchev–Trinajstić information content (AvgIpc) is 2.88. The Balaban J connectivity index is 1.70. The summed E-state index contributed by atoms with van der Waals surface area (Å²) in [7, 11) is 1.43. The van der Waals surface area contributed by atoms with Crippen LogP contribution in [0.15, 0.2) is 66.2 Å². The van der Waals surface area contributed by atoms with E-state index in [-0.39, 0.29) is 34.6 Å². The monoisotopic (exact) mass is 503 g/mol. The molecule has 0 aromatic heterocycles. The number of nitrogens with zero attached hydrogens (tertiary/aromatic N) is 1. The summed E-state index contributed by atoms with van der Waals surface area (Å²) in [5.74, 6) is -0.428. The Bertz CT molecular complexity index is 1330. The molecular formula is C28H26ClN3O4. The molecular weight excluding hydrogens is 478 g/mol. The topological polar surface area (TPSA) is 100 Å². The molecule has 2 N–H and O–H groups in total. The molecule has 2 amide bonds. The standard InChI is InChI=1S/C28H26ClN3O4/c1-18-8-7-11-24(19(18)2)32-26(33)17-36-27-23(29)13-21(14-25(27)35-3)12-22(15-30)28(34)31-16-20-9-5-4-6-10-20/h4-14H,16-17H2,1-3H3,(H,31,34)(H,32,33)/b22-12+. The van der Waals surface area contributed by atoms with Gasteiger partial charge >= 0.3 is 0 Å². The molecule has 0 spiro atoms. The van der Waals surface area contributed by atoms with Crippen LogP contribution in [0, 0.1) is 25.2 Å². The van der Waals surface area contributed by atoms with E-state index in [9.17, 15) is 14.9 Å². The zero-order valence-electron chi connectivity index (χ0n) is 20.2. The van der Waals surface area contributed by atoms with Crippen LogP contribution >= 0.6 is 11.6 Å². The van der Waals surface area contributed by atoms with Gasteiger partial charge in [0.25, 0.3) is 11.8 Å². The van der Waals surface area contributed by atoms with E-state index in [1.165, 1.54) is 19.3 Å². The number of carbonyl (C=O) groups excluding carboxylic acids is 2. The van der Waals surface area contributed by atoms with Gasteiger partial charge in [-0.3, -0.25) is 9.59 Å². The van der Waals surface area contributed by atoms with E-state index in [0.717, 1.165) is 16.7 Å². The van der Waals surface area contributed by atoms with Gasteiger partial charge in [-0.15, -0.1) is 0 Å². The number of nitriles is 1. The van der Waals surface area contributed by atoms with E-state index in [2.05, 4.69) is 10.6 Å². The lowest BCUT2D eigenvalue weighted by Gasteiger charge is -2.14. The zero-order valence-corrected chi connectivity index (χ0v) is 21.0. The predicted molar refractivity (Wildman–Crippen MR) is 140 cm³/mol. The SMILES string of the molecule is COc1cc(/C=C(\C#N)C(=O)NCc2ccccc2)cc(Cl)c1OCC(=O)Nc1cccc(C)c1C. The Labute approximate surface area is 215 Å². The third-order valence-corrected chi connectivity index (χ3v) is 5.73. The maximum Gasteiger partial charge on any atom is 0.262 e. The second kappa shape index (κ2) is 12.4. The molecule has 7 nitrogen and oxygen atoms in total. The number of rotatable bonds is 9. The fourth-order valence-electron chi connectivity index (χ4n) is 3.36. The van der Waals surface area contributed by atoms with Crippen LogP contribution in [0.3, 0.4) is 0 Å². The highest BCUT2D eigenvalue weighted by molar-refractivity contribution is 6.32. The Hall–Kier alpha value is -4.28. The van der Waals surface area contributed by atoms with Gasteiger partial charge < -0.3 is 20.1 Å². The molecule has 0 unspecified atom stereocenters. The molecule has 8 heteroatoms. The molecule has 0 saturated heterocycles. The maximum absolute atomic E-state index is 12.5. The van der Waals surface area contributed by atoms with Gasteiger partial charge in [0.05, 0.1) is 12.1 Å². The largest absolute Gasteiger partial charge is 0.493 e. The van der Waals surface area contributed by atoms with Crippen molar-refractivity contribution in [3.63, 3.8) is 0 Å². The summed E-state index contributed by atoms with van der Waals surface area (Å²) in [4.78, 5) is 24.9. The Morgan fingerprint density at radius 1 is 1.08 bits per heavy atom. The smallest absolute Gasteiger partial charge is 0.262 e. The summed E-state index contributed by atoms with van der Waals surface area (Å²) in [5.41, 5.74) is 4.03. The summed E-state index contributed by atoms with van der Waals surface area (Å²) in [6.45, 7) is 3.89. The Morgan fingerprint density at radius 2 is 1.83 bits per heavy atom. The first-order chi connectivity index (χ1) is 17.3. The van der Waals surface area contributed by atoms with E-state index in [1.54, 1.807) is 6.07 Å². The molecule has 3 aromatic rings. The van der Waals surface area contributed by atoms with Gasteiger partial charge in [-0.1, -0.05) is 54.1 Å². The minimum absolute atomic E-state index is 0.0920. The molecule has 0 fully saturated rings. The van der Waals surface area contributed by atoms with Crippen molar-refractivity contribution in [1.82, 2.24) is 5.32 Å². The fourth-order valence-corrected chi connectivity index (χ4v) is 3.64. The number of benzene rings is 3. The number of hydrogen-bond acceptors (Lipinski definition) is 5. The number of methoxy groups -OCH3 is 1. The van der Waals surface area contributed by atoms with E-state index in [1.807, 2.05) is 68.4 Å². The van der Waals surface area contributed by atoms with Crippen molar-refractivity contribution in [3.05, 3.63) is 93.5 Å². The van der Waals surface area contributed by atoms with Crippen molar-refractivity contribution < 1.29 is 19.1 Å². The number of hydrogen-bond donors (Lipinski definition) is 2. The molecule has 0 aliphatic heterocycles. The van der Waals surface area contributed by atoms with Crippen LogP contribution in [-0.4, -0.2) is 25.5 Å². The summed E-state index contributed by atoms with van der Waals surface area (Å²) in [6.07, 6.45) is 1.41. The van der Waals surface area contributed by atoms with Gasteiger partial charge in [-0.05, 0) is 60.4 Å². The molecule has 0 aliphatic carbocycles. The van der Waals surface area contributed by atoms with Crippen molar-refractivity contribution in [2.24, 2.45) is 0 Å². The number of nitrogens with one attached hydrogen (secondary N) is 2. The molecule has 0 bridgehead atoms. The van der Waals surface area contributed by atoms with Gasteiger partial charge in [-0.25, -0.2) is 0 Å². The summed E-state index contributed by atoms with van der Waals surface area (Å²) in [5, 5.41) is 15.2. The Morgan fingerprint density at radius 3 is 2.53 bits per heavy atom. The second-order valence-electron chi connectivity index (χ2n) is 7.96. The number of aryl methyl sites for hydroxylation is 1. The predicted octanol–water partition coefficient (Wildman–Crippen LogP) is 5.21. The molecule has 3 rings (SSSR count). The number of halogens is 1. The highest BCUT2D eigenvalue weighted by Crippen LogP contribution is 2.37. The first-order valence-corrected chi connectivity index (χ1v) is 11.5.